The van der Waals surface area contributed by atoms with E-state index in [4.69, 9.17) is 8.37 Å². The van der Waals surface area contributed by atoms with Gasteiger partial charge in [0, 0.05) is 0 Å². The van der Waals surface area contributed by atoms with Gasteiger partial charge in [0.05, 0.1) is 24.0 Å². The molecular weight excluding hydrogens is 536 g/mol. The molecule has 0 radical (unpaired) electrons. The second-order valence-electron chi connectivity index (χ2n) is 6.38. The van der Waals surface area contributed by atoms with Crippen LogP contribution in [0.2, 0.25) is 0 Å². The molecule has 2 rings (SSSR count). The molecule has 0 amide bonds. The van der Waals surface area contributed by atoms with E-state index in [-0.39, 0.29) is 34.5 Å². The molecule has 0 spiro atoms. The summed E-state index contributed by atoms with van der Waals surface area (Å²) < 4.78 is 106. The van der Waals surface area contributed by atoms with Gasteiger partial charge in [0.15, 0.2) is 0 Å². The third kappa shape index (κ3) is 12.6. The molecule has 0 aromatic heterocycles. The summed E-state index contributed by atoms with van der Waals surface area (Å²) in [7, 11) is -14.3. The van der Waals surface area contributed by atoms with Crippen molar-refractivity contribution in [3.05, 3.63) is 48.5 Å². The summed E-state index contributed by atoms with van der Waals surface area (Å²) in [6.45, 7) is 2.92. The summed E-state index contributed by atoms with van der Waals surface area (Å²) in [5.41, 5.74) is 0. The SMILES string of the molecule is CCS(=O)(=O)Oc1ccc(OS(=O)(=O)CC)cc1.CS(=O)(=O)Oc1ccc(OS(C)(=O)=O)cc1. The van der Waals surface area contributed by atoms with Crippen LogP contribution in [0.3, 0.4) is 0 Å². The molecule has 0 atom stereocenters. The largest absolute Gasteiger partial charge is 0.383 e. The molecule has 0 unspecified atom stereocenters. The molecule has 2 aromatic rings. The smallest absolute Gasteiger partial charge is 0.308 e. The fourth-order valence-corrected chi connectivity index (χ4v) is 3.83. The van der Waals surface area contributed by atoms with Crippen LogP contribution in [0.5, 0.6) is 23.0 Å². The predicted molar refractivity (Wildman–Crippen MR) is 124 cm³/mol. The van der Waals surface area contributed by atoms with E-state index in [2.05, 4.69) is 8.37 Å². The lowest BCUT2D eigenvalue weighted by atomic mass is 10.3. The van der Waals surface area contributed by atoms with E-state index in [9.17, 15) is 33.7 Å². The van der Waals surface area contributed by atoms with Crippen molar-refractivity contribution in [1.82, 2.24) is 0 Å². The monoisotopic (exact) mass is 560 g/mol. The maximum absolute atomic E-state index is 11.2. The Kier molecular flexibility index (Phi) is 10.2. The first-order chi connectivity index (χ1) is 15.4. The quantitative estimate of drug-likeness (QED) is 0.384. The first-order valence-corrected chi connectivity index (χ1v) is 16.1. The van der Waals surface area contributed by atoms with Crippen molar-refractivity contribution in [1.29, 1.82) is 0 Å². The molecule has 0 N–H and O–H groups in total. The van der Waals surface area contributed by atoms with Crippen molar-refractivity contribution in [3.63, 3.8) is 0 Å². The zero-order valence-corrected chi connectivity index (χ0v) is 21.8. The minimum atomic E-state index is -3.58. The second-order valence-corrected chi connectivity index (χ2v) is 13.2. The van der Waals surface area contributed by atoms with Crippen molar-refractivity contribution in [2.45, 2.75) is 13.8 Å². The first-order valence-electron chi connectivity index (χ1n) is 9.27. The van der Waals surface area contributed by atoms with E-state index in [0.717, 1.165) is 12.5 Å². The lowest BCUT2D eigenvalue weighted by Gasteiger charge is -2.07. The van der Waals surface area contributed by atoms with Gasteiger partial charge in [-0.25, -0.2) is 0 Å². The van der Waals surface area contributed by atoms with E-state index in [0.29, 0.717) is 0 Å². The minimum Gasteiger partial charge on any atom is -0.383 e. The highest BCUT2D eigenvalue weighted by molar-refractivity contribution is 7.87. The van der Waals surface area contributed by atoms with Crippen LogP contribution < -0.4 is 16.7 Å². The lowest BCUT2D eigenvalue weighted by Crippen LogP contribution is -2.12. The molecule has 0 aliphatic heterocycles. The molecular formula is C18H24O12S4. The van der Waals surface area contributed by atoms with Crippen LogP contribution in [-0.2, 0) is 40.5 Å². The molecule has 0 aliphatic carbocycles. The first kappa shape index (κ1) is 29.5. The summed E-state index contributed by atoms with van der Waals surface area (Å²) in [4.78, 5) is 0. The molecule has 0 bridgehead atoms. The predicted octanol–water partition coefficient (Wildman–Crippen LogP) is 1.51. The van der Waals surface area contributed by atoms with Crippen LogP contribution in [0.25, 0.3) is 0 Å². The standard InChI is InChI=1S/C10H14O6S2.C8H10O6S2/c1-3-17(11,12)15-9-5-7-10(8-6-9)16-18(13,14)4-2;1-15(9,10)13-7-3-5-8(6-4-7)14-16(2,11)12/h5-8H,3-4H2,1-2H3;3-6H,1-2H3. The highest BCUT2D eigenvalue weighted by Crippen LogP contribution is 2.21. The summed E-state index contributed by atoms with van der Waals surface area (Å²) in [6.07, 6.45) is 1.82. The van der Waals surface area contributed by atoms with Gasteiger partial charge < -0.3 is 16.7 Å². The zero-order chi connectivity index (χ0) is 26.2. The average Bonchev–Trinajstić information content (AvgIpc) is 2.69. The van der Waals surface area contributed by atoms with E-state index < -0.39 is 40.5 Å². The Bertz CT molecular complexity index is 1250. The van der Waals surface area contributed by atoms with Gasteiger partial charge in [-0.3, -0.25) is 0 Å². The molecule has 0 heterocycles. The van der Waals surface area contributed by atoms with Crippen LogP contribution in [0.4, 0.5) is 0 Å². The van der Waals surface area contributed by atoms with Crippen molar-refractivity contribution >= 4 is 40.5 Å². The highest BCUT2D eigenvalue weighted by Gasteiger charge is 2.12. The Labute approximate surface area is 199 Å². The van der Waals surface area contributed by atoms with E-state index >= 15 is 0 Å². The zero-order valence-electron chi connectivity index (χ0n) is 18.6. The number of benzene rings is 2. The summed E-state index contributed by atoms with van der Waals surface area (Å²) in [5.74, 6) is 0.105. The van der Waals surface area contributed by atoms with Crippen LogP contribution in [0.1, 0.15) is 13.8 Å². The van der Waals surface area contributed by atoms with Gasteiger partial charge in [-0.15, -0.1) is 0 Å². The molecule has 0 saturated heterocycles. The molecule has 0 fully saturated rings. The van der Waals surface area contributed by atoms with Gasteiger partial charge in [-0.05, 0) is 62.4 Å². The maximum atomic E-state index is 11.2. The van der Waals surface area contributed by atoms with Crippen LogP contribution in [0, 0.1) is 0 Å². The van der Waals surface area contributed by atoms with Crippen molar-refractivity contribution < 1.29 is 50.4 Å². The molecule has 34 heavy (non-hydrogen) atoms. The average molecular weight is 561 g/mol. The van der Waals surface area contributed by atoms with Crippen molar-refractivity contribution in [2.24, 2.45) is 0 Å². The van der Waals surface area contributed by atoms with Gasteiger partial charge in [0.1, 0.15) is 23.0 Å². The Hall–Kier alpha value is -2.56. The molecule has 192 valence electrons. The van der Waals surface area contributed by atoms with E-state index in [1.165, 1.54) is 62.4 Å². The van der Waals surface area contributed by atoms with E-state index in [1.807, 2.05) is 0 Å². The van der Waals surface area contributed by atoms with Gasteiger partial charge in [0.25, 0.3) is 0 Å². The number of hydrogen-bond acceptors (Lipinski definition) is 12. The van der Waals surface area contributed by atoms with Gasteiger partial charge in [-0.1, -0.05) is 0 Å². The summed E-state index contributed by atoms with van der Waals surface area (Å²) >= 11 is 0. The number of hydrogen-bond donors (Lipinski definition) is 0. The Morgan fingerprint density at radius 2 is 0.676 bits per heavy atom. The second kappa shape index (κ2) is 11.7. The minimum absolute atomic E-state index is 0.0864. The van der Waals surface area contributed by atoms with Crippen LogP contribution in [-0.4, -0.2) is 57.7 Å². The Morgan fingerprint density at radius 1 is 0.471 bits per heavy atom. The fraction of sp³-hybridized carbons (Fsp3) is 0.333. The molecule has 2 aromatic carbocycles. The lowest BCUT2D eigenvalue weighted by molar-refractivity contribution is 0.479. The Morgan fingerprint density at radius 3 is 0.853 bits per heavy atom. The molecule has 0 saturated carbocycles. The van der Waals surface area contributed by atoms with Gasteiger partial charge >= 0.3 is 40.5 Å². The van der Waals surface area contributed by atoms with Gasteiger partial charge in [-0.2, -0.15) is 33.7 Å². The van der Waals surface area contributed by atoms with Crippen LogP contribution >= 0.6 is 0 Å². The fourth-order valence-electron chi connectivity index (χ4n) is 1.86. The third-order valence-electron chi connectivity index (χ3n) is 3.30. The van der Waals surface area contributed by atoms with Crippen LogP contribution in [0.15, 0.2) is 48.5 Å². The summed E-state index contributed by atoms with van der Waals surface area (Å²) in [5, 5.41) is 0. The third-order valence-corrected chi connectivity index (χ3v) is 6.59. The normalized spacial score (nSPS) is 12.1. The molecule has 12 nitrogen and oxygen atoms in total. The molecule has 16 heteroatoms. The summed E-state index contributed by atoms with van der Waals surface area (Å²) in [6, 6.07) is 10.5. The topological polar surface area (TPSA) is 173 Å². The maximum Gasteiger partial charge on any atom is 0.308 e. The number of rotatable bonds is 10. The van der Waals surface area contributed by atoms with Crippen molar-refractivity contribution in [2.75, 3.05) is 24.0 Å². The Balaban J connectivity index is 0.000000342. The highest BCUT2D eigenvalue weighted by atomic mass is 32.2. The molecule has 0 aliphatic rings. The van der Waals surface area contributed by atoms with E-state index in [1.54, 1.807) is 0 Å². The van der Waals surface area contributed by atoms with Gasteiger partial charge in [0.2, 0.25) is 0 Å². The van der Waals surface area contributed by atoms with Crippen molar-refractivity contribution in [3.8, 4) is 23.0 Å².